The van der Waals surface area contributed by atoms with Crippen molar-refractivity contribution in [3.05, 3.63) is 69.5 Å². The van der Waals surface area contributed by atoms with Gasteiger partial charge in [0.15, 0.2) is 12.4 Å². The molecule has 0 unspecified atom stereocenters. The summed E-state index contributed by atoms with van der Waals surface area (Å²) in [7, 11) is 0. The number of ketones is 1. The zero-order valence-electron chi connectivity index (χ0n) is 12.7. The molecule has 0 heterocycles. The van der Waals surface area contributed by atoms with E-state index in [1.165, 1.54) is 36.4 Å². The van der Waals surface area contributed by atoms with Gasteiger partial charge in [-0.25, -0.2) is 4.39 Å². The van der Waals surface area contributed by atoms with Gasteiger partial charge in [-0.1, -0.05) is 35.3 Å². The summed E-state index contributed by atoms with van der Waals surface area (Å²) in [6.07, 6.45) is 0. The lowest BCUT2D eigenvalue weighted by Crippen LogP contribution is -2.32. The molecule has 8 heteroatoms. The molecule has 0 saturated heterocycles. The zero-order valence-corrected chi connectivity index (χ0v) is 14.2. The fourth-order valence-electron chi connectivity index (χ4n) is 1.84. The van der Waals surface area contributed by atoms with Gasteiger partial charge < -0.3 is 10.1 Å². The number of rotatable bonds is 6. The van der Waals surface area contributed by atoms with Crippen molar-refractivity contribution in [1.82, 2.24) is 5.32 Å². The van der Waals surface area contributed by atoms with E-state index in [0.717, 1.165) is 6.07 Å². The van der Waals surface area contributed by atoms with Crippen LogP contribution in [0.15, 0.2) is 42.5 Å². The molecule has 0 aliphatic carbocycles. The molecular weight excluding hydrogens is 372 g/mol. The fraction of sp³-hybridized carbons (Fsp3) is 0.118. The van der Waals surface area contributed by atoms with Crippen LogP contribution in [0.3, 0.4) is 0 Å². The average Bonchev–Trinajstić information content (AvgIpc) is 2.60. The molecule has 2 rings (SSSR count). The van der Waals surface area contributed by atoms with E-state index < -0.39 is 36.6 Å². The van der Waals surface area contributed by atoms with E-state index in [1.807, 2.05) is 0 Å². The zero-order chi connectivity index (χ0) is 18.4. The molecule has 1 amide bonds. The van der Waals surface area contributed by atoms with Crippen molar-refractivity contribution in [2.75, 3.05) is 13.2 Å². The van der Waals surface area contributed by atoms with E-state index in [9.17, 15) is 18.8 Å². The summed E-state index contributed by atoms with van der Waals surface area (Å²) in [5, 5.41) is 2.72. The van der Waals surface area contributed by atoms with E-state index in [1.54, 1.807) is 0 Å². The summed E-state index contributed by atoms with van der Waals surface area (Å²) in [5.74, 6) is -2.78. The summed E-state index contributed by atoms with van der Waals surface area (Å²) in [6, 6.07) is 9.60. The predicted molar refractivity (Wildman–Crippen MR) is 90.5 cm³/mol. The van der Waals surface area contributed by atoms with Crippen LogP contribution in [0.2, 0.25) is 10.0 Å². The highest BCUT2D eigenvalue weighted by Gasteiger charge is 2.14. The van der Waals surface area contributed by atoms with Crippen LogP contribution in [0, 0.1) is 5.82 Å². The van der Waals surface area contributed by atoms with Crippen LogP contribution >= 0.6 is 23.2 Å². The molecule has 0 aromatic heterocycles. The second-order valence-electron chi connectivity index (χ2n) is 4.88. The van der Waals surface area contributed by atoms with Crippen molar-refractivity contribution in [2.24, 2.45) is 0 Å². The third-order valence-corrected chi connectivity index (χ3v) is 3.86. The van der Waals surface area contributed by atoms with Crippen LogP contribution in [0.5, 0.6) is 0 Å². The summed E-state index contributed by atoms with van der Waals surface area (Å²) in [6.45, 7) is -1.02. The van der Waals surface area contributed by atoms with Gasteiger partial charge in [-0.2, -0.15) is 0 Å². The molecule has 0 radical (unpaired) electrons. The molecule has 2 aromatic carbocycles. The number of amides is 1. The number of halogens is 3. The van der Waals surface area contributed by atoms with Crippen molar-refractivity contribution in [2.45, 2.75) is 0 Å². The molecule has 0 atom stereocenters. The maximum atomic E-state index is 13.4. The number of carbonyl (C=O) groups excluding carboxylic acids is 3. The van der Waals surface area contributed by atoms with Crippen molar-refractivity contribution in [1.29, 1.82) is 0 Å². The fourth-order valence-corrected chi connectivity index (χ4v) is 2.14. The van der Waals surface area contributed by atoms with Crippen LogP contribution in [0.25, 0.3) is 0 Å². The van der Waals surface area contributed by atoms with Gasteiger partial charge >= 0.3 is 5.97 Å². The number of nitrogens with one attached hydrogen (secondary N) is 1. The van der Waals surface area contributed by atoms with Gasteiger partial charge in [-0.3, -0.25) is 14.4 Å². The molecule has 5 nitrogen and oxygen atoms in total. The van der Waals surface area contributed by atoms with Crippen molar-refractivity contribution in [3.63, 3.8) is 0 Å². The number of benzene rings is 2. The van der Waals surface area contributed by atoms with Gasteiger partial charge in [-0.05, 0) is 30.3 Å². The molecular formula is C17H12Cl2FNO4. The molecule has 0 bridgehead atoms. The SMILES string of the molecule is O=C(CNC(=O)c1ccccc1F)OCC(=O)c1ccc(Cl)c(Cl)c1. The van der Waals surface area contributed by atoms with Gasteiger partial charge in [0, 0.05) is 5.56 Å². The minimum absolute atomic E-state index is 0.192. The highest BCUT2D eigenvalue weighted by Crippen LogP contribution is 2.22. The Kier molecular flexibility index (Phi) is 6.50. The number of carbonyl (C=O) groups is 3. The van der Waals surface area contributed by atoms with Crippen molar-refractivity contribution < 1.29 is 23.5 Å². The Morgan fingerprint density at radius 3 is 2.44 bits per heavy atom. The van der Waals surface area contributed by atoms with Crippen LogP contribution in [-0.2, 0) is 9.53 Å². The molecule has 0 fully saturated rings. The minimum Gasteiger partial charge on any atom is -0.456 e. The Morgan fingerprint density at radius 1 is 1.04 bits per heavy atom. The number of ether oxygens (including phenoxy) is 1. The standard InChI is InChI=1S/C17H12Cl2FNO4/c18-12-6-5-10(7-13(12)19)15(22)9-25-16(23)8-21-17(24)11-3-1-2-4-14(11)20/h1-7H,8-9H2,(H,21,24). The third kappa shape index (κ3) is 5.27. The maximum Gasteiger partial charge on any atom is 0.325 e. The first-order chi connectivity index (χ1) is 11.9. The smallest absolute Gasteiger partial charge is 0.325 e. The first-order valence-electron chi connectivity index (χ1n) is 7.05. The normalized spacial score (nSPS) is 10.2. The summed E-state index contributed by atoms with van der Waals surface area (Å²) in [5.41, 5.74) is 0.0415. The first kappa shape index (κ1) is 18.9. The molecule has 0 saturated carbocycles. The maximum absolute atomic E-state index is 13.4. The topological polar surface area (TPSA) is 72.5 Å². The van der Waals surface area contributed by atoms with E-state index in [0.29, 0.717) is 5.02 Å². The Morgan fingerprint density at radius 2 is 1.76 bits per heavy atom. The highest BCUT2D eigenvalue weighted by atomic mass is 35.5. The van der Waals surface area contributed by atoms with Crippen molar-refractivity contribution >= 4 is 40.9 Å². The van der Waals surface area contributed by atoms with E-state index in [-0.39, 0.29) is 16.1 Å². The second kappa shape index (κ2) is 8.60. The van der Waals surface area contributed by atoms with Gasteiger partial charge in [-0.15, -0.1) is 0 Å². The lowest BCUT2D eigenvalue weighted by molar-refractivity contribution is -0.141. The van der Waals surface area contributed by atoms with Crippen LogP contribution in [0.1, 0.15) is 20.7 Å². The molecule has 1 N–H and O–H groups in total. The summed E-state index contributed by atoms with van der Waals surface area (Å²) >= 11 is 11.6. The lowest BCUT2D eigenvalue weighted by Gasteiger charge is -2.07. The molecule has 25 heavy (non-hydrogen) atoms. The molecule has 130 valence electrons. The largest absolute Gasteiger partial charge is 0.456 e. The number of Topliss-reactive ketones (excluding diaryl/α,β-unsaturated/α-hetero) is 1. The van der Waals surface area contributed by atoms with E-state index >= 15 is 0 Å². The first-order valence-corrected chi connectivity index (χ1v) is 7.80. The Hall–Kier alpha value is -2.44. The number of hydrogen-bond acceptors (Lipinski definition) is 4. The van der Waals surface area contributed by atoms with Gasteiger partial charge in [0.05, 0.1) is 15.6 Å². The second-order valence-corrected chi connectivity index (χ2v) is 5.69. The predicted octanol–water partition coefficient (Wildman–Crippen LogP) is 3.29. The molecule has 0 spiro atoms. The Bertz CT molecular complexity index is 826. The monoisotopic (exact) mass is 383 g/mol. The molecule has 0 aliphatic rings. The number of esters is 1. The van der Waals surface area contributed by atoms with Crippen LogP contribution < -0.4 is 5.32 Å². The average molecular weight is 384 g/mol. The van der Waals surface area contributed by atoms with Gasteiger partial charge in [0.1, 0.15) is 12.4 Å². The van der Waals surface area contributed by atoms with E-state index in [4.69, 9.17) is 27.9 Å². The van der Waals surface area contributed by atoms with Gasteiger partial charge in [0.2, 0.25) is 0 Å². The quantitative estimate of drug-likeness (QED) is 0.613. The Balaban J connectivity index is 1.82. The Labute approximate surface area is 152 Å². The highest BCUT2D eigenvalue weighted by molar-refractivity contribution is 6.42. The summed E-state index contributed by atoms with van der Waals surface area (Å²) in [4.78, 5) is 35.2. The van der Waals surface area contributed by atoms with Crippen LogP contribution in [-0.4, -0.2) is 30.8 Å². The van der Waals surface area contributed by atoms with E-state index in [2.05, 4.69) is 5.32 Å². The lowest BCUT2D eigenvalue weighted by atomic mass is 10.1. The minimum atomic E-state index is -0.835. The summed E-state index contributed by atoms with van der Waals surface area (Å²) < 4.78 is 18.2. The van der Waals surface area contributed by atoms with Gasteiger partial charge in [0.25, 0.3) is 5.91 Å². The van der Waals surface area contributed by atoms with Crippen LogP contribution in [0.4, 0.5) is 4.39 Å². The molecule has 0 aliphatic heterocycles. The van der Waals surface area contributed by atoms with Crippen molar-refractivity contribution in [3.8, 4) is 0 Å². The number of hydrogen-bond donors (Lipinski definition) is 1. The molecule has 2 aromatic rings. The third-order valence-electron chi connectivity index (χ3n) is 3.12.